The van der Waals surface area contributed by atoms with E-state index in [0.717, 1.165) is 16.3 Å². The van der Waals surface area contributed by atoms with E-state index in [0.29, 0.717) is 16.7 Å². The Hall–Kier alpha value is -0.720. The average Bonchev–Trinajstić information content (AvgIpc) is 2.17. The van der Waals surface area contributed by atoms with Gasteiger partial charge in [0.05, 0.1) is 11.3 Å². The van der Waals surface area contributed by atoms with Crippen LogP contribution in [-0.4, -0.2) is 16.1 Å². The molecule has 0 aliphatic rings. The SMILES string of the molecule is Cc1cc(SC(C)CCl)c(C#N)c(C)n1. The number of aryl methyl sites for hydroxylation is 2. The van der Waals surface area contributed by atoms with Crippen molar-refractivity contribution >= 4 is 23.4 Å². The third-order valence-corrected chi connectivity index (χ3v) is 3.74. The summed E-state index contributed by atoms with van der Waals surface area (Å²) in [6.45, 7) is 5.84. The van der Waals surface area contributed by atoms with E-state index >= 15 is 0 Å². The molecule has 1 atom stereocenters. The van der Waals surface area contributed by atoms with Crippen molar-refractivity contribution in [2.75, 3.05) is 5.88 Å². The highest BCUT2D eigenvalue weighted by atomic mass is 35.5. The molecule has 0 fully saturated rings. The first kappa shape index (κ1) is 12.4. The van der Waals surface area contributed by atoms with Crippen LogP contribution in [0.5, 0.6) is 0 Å². The van der Waals surface area contributed by atoms with Gasteiger partial charge in [0.2, 0.25) is 0 Å². The molecule has 0 aliphatic carbocycles. The second-order valence-corrected chi connectivity index (χ2v) is 5.21. The number of aromatic nitrogens is 1. The van der Waals surface area contributed by atoms with Gasteiger partial charge in [-0.2, -0.15) is 5.26 Å². The summed E-state index contributed by atoms with van der Waals surface area (Å²) < 4.78 is 0. The van der Waals surface area contributed by atoms with Crippen molar-refractivity contribution in [1.82, 2.24) is 4.98 Å². The maximum absolute atomic E-state index is 9.04. The molecule has 0 aliphatic heterocycles. The van der Waals surface area contributed by atoms with E-state index in [1.165, 1.54) is 0 Å². The van der Waals surface area contributed by atoms with Crippen LogP contribution in [0.15, 0.2) is 11.0 Å². The lowest BCUT2D eigenvalue weighted by atomic mass is 10.2. The monoisotopic (exact) mass is 240 g/mol. The highest BCUT2D eigenvalue weighted by Gasteiger charge is 2.11. The minimum Gasteiger partial charge on any atom is -0.257 e. The zero-order chi connectivity index (χ0) is 11.4. The Balaban J connectivity index is 3.10. The number of hydrogen-bond donors (Lipinski definition) is 0. The molecular formula is C11H13ClN2S. The molecule has 4 heteroatoms. The number of halogens is 1. The fourth-order valence-corrected chi connectivity index (χ4v) is 2.51. The van der Waals surface area contributed by atoms with Crippen molar-refractivity contribution in [3.05, 3.63) is 23.0 Å². The van der Waals surface area contributed by atoms with Crippen LogP contribution < -0.4 is 0 Å². The molecule has 1 unspecified atom stereocenters. The summed E-state index contributed by atoms with van der Waals surface area (Å²) >= 11 is 7.39. The largest absolute Gasteiger partial charge is 0.257 e. The van der Waals surface area contributed by atoms with Gasteiger partial charge in [-0.05, 0) is 19.9 Å². The van der Waals surface area contributed by atoms with Crippen LogP contribution in [-0.2, 0) is 0 Å². The smallest absolute Gasteiger partial charge is 0.102 e. The molecule has 1 heterocycles. The van der Waals surface area contributed by atoms with Gasteiger partial charge < -0.3 is 0 Å². The van der Waals surface area contributed by atoms with E-state index in [2.05, 4.69) is 11.1 Å². The third kappa shape index (κ3) is 3.12. The lowest BCUT2D eigenvalue weighted by molar-refractivity contribution is 1.06. The van der Waals surface area contributed by atoms with Crippen LogP contribution in [0, 0.1) is 25.2 Å². The lowest BCUT2D eigenvalue weighted by Gasteiger charge is -2.10. The molecule has 0 saturated carbocycles. The third-order valence-electron chi connectivity index (χ3n) is 1.95. The van der Waals surface area contributed by atoms with Gasteiger partial charge in [0.25, 0.3) is 0 Å². The number of nitrogens with zero attached hydrogens (tertiary/aromatic N) is 2. The summed E-state index contributed by atoms with van der Waals surface area (Å²) in [5.74, 6) is 0.579. The molecule has 2 nitrogen and oxygen atoms in total. The molecule has 0 saturated heterocycles. The number of thioether (sulfide) groups is 1. The molecule has 1 rings (SSSR count). The quantitative estimate of drug-likeness (QED) is 0.601. The van der Waals surface area contributed by atoms with Gasteiger partial charge in [-0.25, -0.2) is 0 Å². The predicted molar refractivity (Wildman–Crippen MR) is 64.5 cm³/mol. The van der Waals surface area contributed by atoms with E-state index in [-0.39, 0.29) is 0 Å². The summed E-state index contributed by atoms with van der Waals surface area (Å²) in [6, 6.07) is 4.14. The summed E-state index contributed by atoms with van der Waals surface area (Å²) in [6.07, 6.45) is 0. The molecule has 15 heavy (non-hydrogen) atoms. The molecule has 0 spiro atoms. The summed E-state index contributed by atoms with van der Waals surface area (Å²) in [4.78, 5) is 5.25. The number of nitriles is 1. The van der Waals surface area contributed by atoms with Crippen molar-refractivity contribution in [3.8, 4) is 6.07 Å². The van der Waals surface area contributed by atoms with Crippen LogP contribution >= 0.6 is 23.4 Å². The zero-order valence-corrected chi connectivity index (χ0v) is 10.6. The molecule has 0 N–H and O–H groups in total. The molecule has 0 bridgehead atoms. The molecule has 1 aromatic heterocycles. The van der Waals surface area contributed by atoms with Crippen molar-refractivity contribution < 1.29 is 0 Å². The molecule has 0 amide bonds. The van der Waals surface area contributed by atoms with Crippen LogP contribution in [0.3, 0.4) is 0 Å². The van der Waals surface area contributed by atoms with Crippen LogP contribution in [0.1, 0.15) is 23.9 Å². The first-order chi connectivity index (χ1) is 7.08. The molecular weight excluding hydrogens is 228 g/mol. The number of alkyl halides is 1. The number of hydrogen-bond acceptors (Lipinski definition) is 3. The average molecular weight is 241 g/mol. The van der Waals surface area contributed by atoms with Crippen LogP contribution in [0.2, 0.25) is 0 Å². The van der Waals surface area contributed by atoms with E-state index in [1.807, 2.05) is 26.8 Å². The summed E-state index contributed by atoms with van der Waals surface area (Å²) in [5.41, 5.74) is 2.40. The van der Waals surface area contributed by atoms with Gasteiger partial charge in [0, 0.05) is 21.7 Å². The molecule has 80 valence electrons. The fraction of sp³-hybridized carbons (Fsp3) is 0.455. The zero-order valence-electron chi connectivity index (χ0n) is 9.04. The van der Waals surface area contributed by atoms with Crippen LogP contribution in [0.25, 0.3) is 0 Å². The highest BCUT2D eigenvalue weighted by molar-refractivity contribution is 8.00. The molecule has 1 aromatic rings. The minimum absolute atomic E-state index is 0.306. The Kier molecular flexibility index (Phi) is 4.44. The van der Waals surface area contributed by atoms with Crippen molar-refractivity contribution in [2.45, 2.75) is 30.9 Å². The van der Waals surface area contributed by atoms with Gasteiger partial charge in [-0.15, -0.1) is 23.4 Å². The van der Waals surface area contributed by atoms with Crippen molar-refractivity contribution in [1.29, 1.82) is 5.26 Å². The Morgan fingerprint density at radius 2 is 2.27 bits per heavy atom. The standard InChI is InChI=1S/C11H13ClN2S/c1-7-4-11(15-8(2)5-12)10(6-13)9(3)14-7/h4,8H,5H2,1-3H3. The summed E-state index contributed by atoms with van der Waals surface area (Å²) in [7, 11) is 0. The van der Waals surface area contributed by atoms with Crippen molar-refractivity contribution in [3.63, 3.8) is 0 Å². The minimum atomic E-state index is 0.306. The van der Waals surface area contributed by atoms with E-state index in [9.17, 15) is 0 Å². The number of rotatable bonds is 3. The Morgan fingerprint density at radius 3 is 2.80 bits per heavy atom. The maximum Gasteiger partial charge on any atom is 0.102 e. The van der Waals surface area contributed by atoms with Crippen molar-refractivity contribution in [2.24, 2.45) is 0 Å². The normalized spacial score (nSPS) is 12.2. The maximum atomic E-state index is 9.04. The Bertz CT molecular complexity index is 398. The van der Waals surface area contributed by atoms with Gasteiger partial charge in [-0.3, -0.25) is 4.98 Å². The molecule has 0 aromatic carbocycles. The highest BCUT2D eigenvalue weighted by Crippen LogP contribution is 2.28. The first-order valence-corrected chi connectivity index (χ1v) is 6.11. The predicted octanol–water partition coefficient (Wildman–Crippen LogP) is 3.29. The van der Waals surface area contributed by atoms with Gasteiger partial charge >= 0.3 is 0 Å². The Morgan fingerprint density at radius 1 is 1.60 bits per heavy atom. The summed E-state index contributed by atoms with van der Waals surface area (Å²) in [5, 5.41) is 9.34. The number of pyridine rings is 1. The molecule has 0 radical (unpaired) electrons. The van der Waals surface area contributed by atoms with E-state index in [4.69, 9.17) is 16.9 Å². The van der Waals surface area contributed by atoms with Gasteiger partial charge in [0.15, 0.2) is 0 Å². The van der Waals surface area contributed by atoms with E-state index in [1.54, 1.807) is 11.8 Å². The first-order valence-electron chi connectivity index (χ1n) is 4.69. The second-order valence-electron chi connectivity index (χ2n) is 3.42. The second kappa shape index (κ2) is 5.39. The lowest BCUT2D eigenvalue weighted by Crippen LogP contribution is -2.00. The van der Waals surface area contributed by atoms with Gasteiger partial charge in [-0.1, -0.05) is 6.92 Å². The fourth-order valence-electron chi connectivity index (χ4n) is 1.27. The topological polar surface area (TPSA) is 36.7 Å². The van der Waals surface area contributed by atoms with Crippen LogP contribution in [0.4, 0.5) is 0 Å². The van der Waals surface area contributed by atoms with E-state index < -0.39 is 0 Å². The van der Waals surface area contributed by atoms with Gasteiger partial charge in [0.1, 0.15) is 6.07 Å². The Labute approximate surface area is 99.7 Å².